The molecule has 2 aliphatic heterocycles. The van der Waals surface area contributed by atoms with E-state index in [1.54, 1.807) is 6.07 Å². The van der Waals surface area contributed by atoms with E-state index >= 15 is 0 Å². The maximum Gasteiger partial charge on any atom is 0.159 e. The van der Waals surface area contributed by atoms with Crippen LogP contribution in [0, 0.1) is 17.6 Å². The van der Waals surface area contributed by atoms with Gasteiger partial charge in [-0.3, -0.25) is 4.90 Å². The second kappa shape index (κ2) is 8.77. The molecule has 2 aliphatic rings. The summed E-state index contributed by atoms with van der Waals surface area (Å²) >= 11 is 0. The summed E-state index contributed by atoms with van der Waals surface area (Å²) in [4.78, 5) is 5.14. The Labute approximate surface area is 156 Å². The van der Waals surface area contributed by atoms with Gasteiger partial charge in [-0.1, -0.05) is 6.07 Å². The number of hydrogen-bond acceptors (Lipinski definition) is 3. The Kier molecular flexibility index (Phi) is 6.65. The average Bonchev–Trinajstić information content (AvgIpc) is 2.63. The predicted octanol–water partition coefficient (Wildman–Crippen LogP) is 3.72. The van der Waals surface area contributed by atoms with Crippen molar-refractivity contribution in [2.75, 3.05) is 45.9 Å². The molecule has 0 aromatic heterocycles. The second-order valence-corrected chi connectivity index (χ2v) is 8.44. The van der Waals surface area contributed by atoms with Crippen LogP contribution in [0.2, 0.25) is 0 Å². The van der Waals surface area contributed by atoms with Crippen LogP contribution >= 0.6 is 0 Å². The highest BCUT2D eigenvalue weighted by Crippen LogP contribution is 2.25. The van der Waals surface area contributed by atoms with E-state index in [1.807, 2.05) is 0 Å². The normalized spacial score (nSPS) is 23.3. The lowest BCUT2D eigenvalue weighted by molar-refractivity contribution is -0.0258. The van der Waals surface area contributed by atoms with Crippen molar-refractivity contribution in [1.29, 1.82) is 0 Å². The molecule has 1 aromatic carbocycles. The Bertz CT molecular complexity index is 587. The smallest absolute Gasteiger partial charge is 0.159 e. The molecular weight excluding hydrogens is 334 g/mol. The first-order valence-electron chi connectivity index (χ1n) is 9.93. The maximum absolute atomic E-state index is 13.4. The summed E-state index contributed by atoms with van der Waals surface area (Å²) in [5.74, 6) is -0.861. The number of piperidine rings is 1. The molecule has 26 heavy (non-hydrogen) atoms. The molecular formula is C21H32F2N2O. The van der Waals surface area contributed by atoms with Crippen LogP contribution in [0.3, 0.4) is 0 Å². The molecule has 2 heterocycles. The minimum atomic E-state index is -0.761. The molecule has 3 nitrogen and oxygen atoms in total. The van der Waals surface area contributed by atoms with E-state index in [0.717, 1.165) is 64.3 Å². The fraction of sp³-hybridized carbons (Fsp3) is 0.714. The summed E-state index contributed by atoms with van der Waals surface area (Å²) in [6.07, 6.45) is 4.32. The largest absolute Gasteiger partial charge is 0.379 e. The summed E-state index contributed by atoms with van der Waals surface area (Å²) in [5, 5.41) is 0. The van der Waals surface area contributed by atoms with Crippen molar-refractivity contribution in [3.8, 4) is 0 Å². The minimum absolute atomic E-state index is 0.158. The monoisotopic (exact) mass is 366 g/mol. The van der Waals surface area contributed by atoms with Crippen molar-refractivity contribution in [2.45, 2.75) is 45.1 Å². The highest BCUT2D eigenvalue weighted by Gasteiger charge is 2.32. The third kappa shape index (κ3) is 5.24. The van der Waals surface area contributed by atoms with E-state index in [1.165, 1.54) is 25.0 Å². The van der Waals surface area contributed by atoms with Gasteiger partial charge in [-0.2, -0.15) is 0 Å². The van der Waals surface area contributed by atoms with Gasteiger partial charge in [0.2, 0.25) is 0 Å². The van der Waals surface area contributed by atoms with E-state index in [9.17, 15) is 8.78 Å². The fourth-order valence-corrected chi connectivity index (χ4v) is 4.41. The van der Waals surface area contributed by atoms with Gasteiger partial charge in [0.15, 0.2) is 11.6 Å². The van der Waals surface area contributed by atoms with Gasteiger partial charge in [-0.05, 0) is 69.7 Å². The first kappa shape index (κ1) is 19.7. The van der Waals surface area contributed by atoms with E-state index < -0.39 is 11.6 Å². The Morgan fingerprint density at radius 2 is 1.88 bits per heavy atom. The van der Waals surface area contributed by atoms with Crippen molar-refractivity contribution in [1.82, 2.24) is 9.80 Å². The third-order valence-electron chi connectivity index (χ3n) is 5.91. The van der Waals surface area contributed by atoms with E-state index in [-0.39, 0.29) is 5.54 Å². The second-order valence-electron chi connectivity index (χ2n) is 8.44. The fourth-order valence-electron chi connectivity index (χ4n) is 4.41. The van der Waals surface area contributed by atoms with Crippen molar-refractivity contribution in [3.05, 3.63) is 35.4 Å². The van der Waals surface area contributed by atoms with Crippen molar-refractivity contribution in [3.63, 3.8) is 0 Å². The Hall–Kier alpha value is -1.04. The van der Waals surface area contributed by atoms with E-state index in [2.05, 4.69) is 23.6 Å². The maximum atomic E-state index is 13.4. The van der Waals surface area contributed by atoms with Gasteiger partial charge in [0.05, 0.1) is 13.2 Å². The standard InChI is InChI=1S/C21H32F2N2O/c1-21(2,25-10-12-26-13-11-25)16-24-9-3-4-18(15-24)6-5-17-7-8-19(22)20(23)14-17/h7-8,14,18H,3-6,9-13,15-16H2,1-2H3/t18-/m0/s1. The average molecular weight is 366 g/mol. The lowest BCUT2D eigenvalue weighted by Crippen LogP contribution is -2.56. The van der Waals surface area contributed by atoms with Gasteiger partial charge in [-0.15, -0.1) is 0 Å². The number of aryl methyl sites for hydroxylation is 1. The Balaban J connectivity index is 1.49. The van der Waals surface area contributed by atoms with Gasteiger partial charge in [0.25, 0.3) is 0 Å². The molecule has 0 spiro atoms. The summed E-state index contributed by atoms with van der Waals surface area (Å²) in [7, 11) is 0. The van der Waals surface area contributed by atoms with Crippen LogP contribution in [-0.2, 0) is 11.2 Å². The Morgan fingerprint density at radius 1 is 1.12 bits per heavy atom. The molecule has 1 atom stereocenters. The predicted molar refractivity (Wildman–Crippen MR) is 100 cm³/mol. The number of hydrogen-bond donors (Lipinski definition) is 0. The van der Waals surface area contributed by atoms with E-state index in [4.69, 9.17) is 4.74 Å². The van der Waals surface area contributed by atoms with Gasteiger partial charge < -0.3 is 9.64 Å². The topological polar surface area (TPSA) is 15.7 Å². The van der Waals surface area contributed by atoms with Crippen LogP contribution in [0.4, 0.5) is 8.78 Å². The lowest BCUT2D eigenvalue weighted by Gasteiger charge is -2.45. The molecule has 0 N–H and O–H groups in total. The molecule has 0 unspecified atom stereocenters. The molecule has 0 bridgehead atoms. The van der Waals surface area contributed by atoms with Crippen molar-refractivity contribution < 1.29 is 13.5 Å². The van der Waals surface area contributed by atoms with Gasteiger partial charge in [0, 0.05) is 31.7 Å². The van der Waals surface area contributed by atoms with Crippen molar-refractivity contribution >= 4 is 0 Å². The Morgan fingerprint density at radius 3 is 2.62 bits per heavy atom. The van der Waals surface area contributed by atoms with Crippen LogP contribution in [-0.4, -0.2) is 61.3 Å². The van der Waals surface area contributed by atoms with Crippen LogP contribution in [0.5, 0.6) is 0 Å². The summed E-state index contributed by atoms with van der Waals surface area (Å²) < 4.78 is 31.9. The molecule has 2 fully saturated rings. The number of likely N-dealkylation sites (tertiary alicyclic amines) is 1. The number of benzene rings is 1. The quantitative estimate of drug-likeness (QED) is 0.763. The highest BCUT2D eigenvalue weighted by molar-refractivity contribution is 5.17. The number of morpholine rings is 1. The minimum Gasteiger partial charge on any atom is -0.379 e. The number of nitrogens with zero attached hydrogens (tertiary/aromatic N) is 2. The van der Waals surface area contributed by atoms with Gasteiger partial charge >= 0.3 is 0 Å². The van der Waals surface area contributed by atoms with Crippen LogP contribution in [0.25, 0.3) is 0 Å². The molecule has 2 saturated heterocycles. The zero-order valence-electron chi connectivity index (χ0n) is 16.1. The SMILES string of the molecule is CC(C)(CN1CCC[C@@H](CCc2ccc(F)c(F)c2)C1)N1CCOCC1. The number of halogens is 2. The highest BCUT2D eigenvalue weighted by atomic mass is 19.2. The molecule has 146 valence electrons. The molecule has 1 aromatic rings. The first-order valence-corrected chi connectivity index (χ1v) is 9.93. The van der Waals surface area contributed by atoms with Gasteiger partial charge in [0.1, 0.15) is 0 Å². The lowest BCUT2D eigenvalue weighted by atomic mass is 9.90. The molecule has 0 radical (unpaired) electrons. The van der Waals surface area contributed by atoms with Crippen LogP contribution < -0.4 is 0 Å². The zero-order valence-corrected chi connectivity index (χ0v) is 16.1. The number of ether oxygens (including phenoxy) is 1. The molecule has 0 saturated carbocycles. The summed E-state index contributed by atoms with van der Waals surface area (Å²) in [5.41, 5.74) is 1.06. The molecule has 0 aliphatic carbocycles. The molecule has 3 rings (SSSR count). The first-order chi connectivity index (χ1) is 12.4. The molecule has 5 heteroatoms. The number of rotatable bonds is 6. The van der Waals surface area contributed by atoms with Crippen LogP contribution in [0.15, 0.2) is 18.2 Å². The summed E-state index contributed by atoms with van der Waals surface area (Å²) in [6, 6.07) is 4.29. The third-order valence-corrected chi connectivity index (χ3v) is 5.91. The molecule has 0 amide bonds. The summed E-state index contributed by atoms with van der Waals surface area (Å²) in [6.45, 7) is 11.7. The zero-order chi connectivity index (χ0) is 18.6. The van der Waals surface area contributed by atoms with Crippen LogP contribution in [0.1, 0.15) is 38.7 Å². The van der Waals surface area contributed by atoms with Gasteiger partial charge in [-0.25, -0.2) is 8.78 Å². The van der Waals surface area contributed by atoms with Crippen molar-refractivity contribution in [2.24, 2.45) is 5.92 Å². The van der Waals surface area contributed by atoms with E-state index in [0.29, 0.717) is 5.92 Å².